The van der Waals surface area contributed by atoms with E-state index < -0.39 is 0 Å². The highest BCUT2D eigenvalue weighted by molar-refractivity contribution is 7.30. The molecule has 2 aliphatic rings. The zero-order valence-corrected chi connectivity index (χ0v) is 24.3. The van der Waals surface area contributed by atoms with Crippen molar-refractivity contribution in [2.24, 2.45) is 11.8 Å². The molecule has 4 unspecified atom stereocenters. The number of aryl methyl sites for hydroxylation is 1. The molecular weight excluding hydrogens is 479 g/mol. The van der Waals surface area contributed by atoms with Gasteiger partial charge in [-0.3, -0.25) is 8.82 Å². The Balaban J connectivity index is 1.49. The lowest BCUT2D eigenvalue weighted by molar-refractivity contribution is -0.813. The molecule has 1 aromatic heterocycles. The molecule has 0 radical (unpaired) electrons. The van der Waals surface area contributed by atoms with Crippen molar-refractivity contribution in [2.75, 3.05) is 21.2 Å². The van der Waals surface area contributed by atoms with Gasteiger partial charge in [-0.1, -0.05) is 45.1 Å². The van der Waals surface area contributed by atoms with E-state index in [1.54, 1.807) is 13.2 Å². The van der Waals surface area contributed by atoms with Gasteiger partial charge in [0.25, 0.3) is 0 Å². The lowest BCUT2D eigenvalue weighted by Gasteiger charge is -2.33. The van der Waals surface area contributed by atoms with Crippen molar-refractivity contribution in [3.63, 3.8) is 0 Å². The molecule has 1 aliphatic carbocycles. The first-order valence-electron chi connectivity index (χ1n) is 13.3. The molecule has 4 rings (SSSR count). The summed E-state index contributed by atoms with van der Waals surface area (Å²) in [5.41, 5.74) is 6.34. The van der Waals surface area contributed by atoms with Gasteiger partial charge in [-0.2, -0.15) is 0 Å². The third-order valence-corrected chi connectivity index (χ3v) is 9.19. The van der Waals surface area contributed by atoms with Gasteiger partial charge in [-0.15, -0.1) is 0 Å². The predicted molar refractivity (Wildman–Crippen MR) is 154 cm³/mol. The fourth-order valence-electron chi connectivity index (χ4n) is 5.68. The monoisotopic (exact) mass is 521 g/mol. The third-order valence-electron chi connectivity index (χ3n) is 8.14. The number of quaternary nitrogens is 1. The third kappa shape index (κ3) is 5.30. The number of hydrogen-bond acceptors (Lipinski definition) is 3. The smallest absolute Gasteiger partial charge is 0.181 e. The Morgan fingerprint density at radius 1 is 1.08 bits per heavy atom. The molecule has 1 N–H and O–H groups in total. The Hall–Kier alpha value is -2.75. The van der Waals surface area contributed by atoms with Crippen LogP contribution in [0.4, 0.5) is 0 Å². The maximum Gasteiger partial charge on any atom is 0.181 e. The molecule has 198 valence electrons. The van der Waals surface area contributed by atoms with Gasteiger partial charge in [0.05, 0.1) is 27.1 Å². The summed E-state index contributed by atoms with van der Waals surface area (Å²) in [7, 11) is 6.35. The first-order valence-corrected chi connectivity index (χ1v) is 14.2. The number of phenols is 1. The number of benzene rings is 1. The number of phenolic OH excluding ortho intramolecular Hbond substituents is 1. The van der Waals surface area contributed by atoms with Gasteiger partial charge in [0.2, 0.25) is 0 Å². The van der Waals surface area contributed by atoms with Gasteiger partial charge in [-0.05, 0) is 55.5 Å². The normalized spacial score (nSPS) is 21.6. The van der Waals surface area contributed by atoms with Crippen LogP contribution in [0.3, 0.4) is 0 Å². The van der Waals surface area contributed by atoms with Crippen LogP contribution >= 0.6 is 8.96 Å². The van der Waals surface area contributed by atoms with Gasteiger partial charge in [0, 0.05) is 35.9 Å². The van der Waals surface area contributed by atoms with Crippen LogP contribution in [0.1, 0.15) is 57.0 Å². The van der Waals surface area contributed by atoms with Crippen molar-refractivity contribution in [1.29, 1.82) is 0 Å². The van der Waals surface area contributed by atoms with Gasteiger partial charge < -0.3 is 14.4 Å². The van der Waals surface area contributed by atoms with Gasteiger partial charge in [-0.25, -0.2) is 0 Å². The van der Waals surface area contributed by atoms with Crippen molar-refractivity contribution in [3.8, 4) is 11.5 Å². The molecule has 1 aromatic carbocycles. The Labute approximate surface area is 224 Å². The standard InChI is InChI=1S/C31H41N2O3P/c1-8-25-16-18-27(22(4)28-19-17-26(9-2)33(28,5)6)32(25)37-36-29-14-10-12-23(21(29)3)20-24-13-11-15-30(35-7)31(24)34/h10-19,21-23,37H,8-9,20H2,1-7H3/p+1. The van der Waals surface area contributed by atoms with E-state index in [9.17, 15) is 5.11 Å². The number of para-hydroxylation sites is 1. The number of aromatic hydroxyl groups is 1. The average molecular weight is 522 g/mol. The highest BCUT2D eigenvalue weighted by Gasteiger charge is 2.36. The van der Waals surface area contributed by atoms with Crippen molar-refractivity contribution in [2.45, 2.75) is 52.9 Å². The molecule has 0 amide bonds. The molecule has 0 saturated carbocycles. The van der Waals surface area contributed by atoms with Crippen LogP contribution in [0.5, 0.6) is 11.5 Å². The van der Waals surface area contributed by atoms with E-state index in [0.29, 0.717) is 5.75 Å². The highest BCUT2D eigenvalue weighted by Crippen LogP contribution is 2.42. The van der Waals surface area contributed by atoms with Gasteiger partial charge in [0.15, 0.2) is 20.5 Å². The van der Waals surface area contributed by atoms with Gasteiger partial charge in [0.1, 0.15) is 17.2 Å². The number of hydrogen-bond donors (Lipinski definition) is 1. The number of allylic oxidation sites excluding steroid dienone is 8. The zero-order chi connectivity index (χ0) is 26.7. The van der Waals surface area contributed by atoms with E-state index in [0.717, 1.165) is 35.1 Å². The van der Waals surface area contributed by atoms with E-state index in [2.05, 4.69) is 88.6 Å². The average Bonchev–Trinajstić information content (AvgIpc) is 3.44. The molecule has 37 heavy (non-hydrogen) atoms. The molecule has 0 spiro atoms. The van der Waals surface area contributed by atoms with Crippen molar-refractivity contribution >= 4 is 8.96 Å². The molecule has 4 atom stereocenters. The summed E-state index contributed by atoms with van der Waals surface area (Å²) in [6.07, 6.45) is 13.7. The number of likely N-dealkylation sites (N-methyl/N-ethyl adjacent to an activating group) is 1. The number of rotatable bonds is 10. The second-order valence-electron chi connectivity index (χ2n) is 10.5. The second-order valence-corrected chi connectivity index (χ2v) is 11.3. The summed E-state index contributed by atoms with van der Waals surface area (Å²) >= 11 is 0. The van der Waals surface area contributed by atoms with Gasteiger partial charge >= 0.3 is 0 Å². The lowest BCUT2D eigenvalue weighted by atomic mass is 9.83. The van der Waals surface area contributed by atoms with Crippen molar-refractivity contribution in [1.82, 2.24) is 4.34 Å². The van der Waals surface area contributed by atoms with Crippen LogP contribution in [0.25, 0.3) is 0 Å². The van der Waals surface area contributed by atoms with E-state index in [4.69, 9.17) is 9.26 Å². The van der Waals surface area contributed by atoms with E-state index in [-0.39, 0.29) is 32.5 Å². The minimum atomic E-state index is 0.182. The Kier molecular flexibility index (Phi) is 8.36. The second kappa shape index (κ2) is 11.3. The molecule has 2 aromatic rings. The summed E-state index contributed by atoms with van der Waals surface area (Å²) < 4.78 is 15.1. The number of nitrogens with zero attached hydrogens (tertiary/aromatic N) is 2. The molecule has 5 nitrogen and oxygen atoms in total. The zero-order valence-electron chi connectivity index (χ0n) is 23.3. The SMILES string of the molecule is CCC1=CC=C(C(C)c2ccc(CC)n2POC2=CC=CC(Cc3cccc(OC)c3O)C2C)[N+]1(C)C. The van der Waals surface area contributed by atoms with E-state index >= 15 is 0 Å². The number of ether oxygens (including phenoxy) is 1. The summed E-state index contributed by atoms with van der Waals surface area (Å²) in [4.78, 5) is 0. The maximum absolute atomic E-state index is 10.6. The highest BCUT2D eigenvalue weighted by atomic mass is 31.1. The molecular formula is C31H42N2O3P+. The molecule has 1 aliphatic heterocycles. The lowest BCUT2D eigenvalue weighted by Crippen LogP contribution is -2.37. The van der Waals surface area contributed by atoms with E-state index in [1.807, 2.05) is 12.1 Å². The topological polar surface area (TPSA) is 43.6 Å². The van der Waals surface area contributed by atoms with Crippen molar-refractivity contribution < 1.29 is 18.9 Å². The Morgan fingerprint density at radius 3 is 2.54 bits per heavy atom. The van der Waals surface area contributed by atoms with Crippen LogP contribution in [0, 0.1) is 11.8 Å². The molecule has 2 heterocycles. The number of aromatic nitrogens is 1. The fraction of sp³-hybridized carbons (Fsp3) is 0.419. The molecule has 0 saturated heterocycles. The summed E-state index contributed by atoms with van der Waals surface area (Å²) in [5.74, 6) is 2.46. The first-order chi connectivity index (χ1) is 17.7. The minimum absolute atomic E-state index is 0.182. The summed E-state index contributed by atoms with van der Waals surface area (Å²) in [6, 6.07) is 10.2. The van der Waals surface area contributed by atoms with Crippen molar-refractivity contribution in [3.05, 3.63) is 94.8 Å². The largest absolute Gasteiger partial charge is 0.504 e. The molecule has 0 fully saturated rings. The summed E-state index contributed by atoms with van der Waals surface area (Å²) in [6.45, 7) is 8.97. The first kappa shape index (κ1) is 27.3. The maximum atomic E-state index is 10.6. The Bertz CT molecular complexity index is 1250. The minimum Gasteiger partial charge on any atom is -0.504 e. The predicted octanol–water partition coefficient (Wildman–Crippen LogP) is 7.46. The quantitative estimate of drug-likeness (QED) is 0.261. The van der Waals surface area contributed by atoms with E-state index in [1.165, 1.54) is 22.8 Å². The Morgan fingerprint density at radius 2 is 1.86 bits per heavy atom. The van der Waals surface area contributed by atoms with Crippen LogP contribution in [-0.4, -0.2) is 35.1 Å². The summed E-state index contributed by atoms with van der Waals surface area (Å²) in [5, 5.41) is 10.6. The van der Waals surface area contributed by atoms with Crippen LogP contribution < -0.4 is 4.74 Å². The molecule has 6 heteroatoms. The van der Waals surface area contributed by atoms with Crippen LogP contribution in [0.15, 0.2) is 77.9 Å². The van der Waals surface area contributed by atoms with Crippen LogP contribution in [0.2, 0.25) is 0 Å². The fourth-order valence-corrected chi connectivity index (χ4v) is 6.85. The number of methoxy groups -OCH3 is 1. The van der Waals surface area contributed by atoms with Crippen LogP contribution in [-0.2, 0) is 17.4 Å². The molecule has 0 bridgehead atoms.